The molecule has 2 rings (SSSR count). The number of benzene rings is 2. The second kappa shape index (κ2) is 8.48. The Morgan fingerprint density at radius 2 is 1.79 bits per heavy atom. The summed E-state index contributed by atoms with van der Waals surface area (Å²) in [7, 11) is 0. The second-order valence-corrected chi connectivity index (χ2v) is 5.87. The molecule has 1 unspecified atom stereocenters. The zero-order chi connectivity index (χ0) is 17.5. The number of ether oxygens (including phenoxy) is 1. The standard InChI is InChI=1S/C20H25NO3/c1-4-6-13-24-20(23)19(5-2)21(15(3)22)18-12-11-16-9-7-8-10-17(16)14-18/h7-12,14,19H,4-6,13H2,1-3H3. The SMILES string of the molecule is CCCCOC(=O)C(CC)N(C(C)=O)c1ccc2ccccc2c1. The molecule has 4 nitrogen and oxygen atoms in total. The maximum atomic E-state index is 12.4. The molecular weight excluding hydrogens is 302 g/mol. The van der Waals surface area contributed by atoms with Crippen LogP contribution in [0.4, 0.5) is 5.69 Å². The molecule has 0 aliphatic carbocycles. The van der Waals surface area contributed by atoms with E-state index in [1.165, 1.54) is 6.92 Å². The van der Waals surface area contributed by atoms with Crippen LogP contribution in [-0.2, 0) is 14.3 Å². The molecule has 0 N–H and O–H groups in total. The molecule has 0 saturated carbocycles. The van der Waals surface area contributed by atoms with Crippen molar-refractivity contribution < 1.29 is 14.3 Å². The van der Waals surface area contributed by atoms with Gasteiger partial charge in [0.25, 0.3) is 0 Å². The summed E-state index contributed by atoms with van der Waals surface area (Å²) in [6.07, 6.45) is 2.31. The van der Waals surface area contributed by atoms with Gasteiger partial charge in [-0.25, -0.2) is 4.79 Å². The highest BCUT2D eigenvalue weighted by atomic mass is 16.5. The fraction of sp³-hybridized carbons (Fsp3) is 0.400. The first-order valence-corrected chi connectivity index (χ1v) is 8.53. The number of rotatable bonds is 7. The van der Waals surface area contributed by atoms with Gasteiger partial charge < -0.3 is 4.74 Å². The fourth-order valence-corrected chi connectivity index (χ4v) is 2.78. The van der Waals surface area contributed by atoms with Gasteiger partial charge in [-0.05, 0) is 35.7 Å². The summed E-state index contributed by atoms with van der Waals surface area (Å²) in [5.41, 5.74) is 0.723. The summed E-state index contributed by atoms with van der Waals surface area (Å²) >= 11 is 0. The second-order valence-electron chi connectivity index (χ2n) is 5.87. The van der Waals surface area contributed by atoms with Crippen LogP contribution in [0.15, 0.2) is 42.5 Å². The van der Waals surface area contributed by atoms with Crippen LogP contribution in [0.2, 0.25) is 0 Å². The molecule has 0 saturated heterocycles. The highest BCUT2D eigenvalue weighted by Gasteiger charge is 2.29. The Kier molecular flexibility index (Phi) is 6.36. The number of carbonyl (C=O) groups is 2. The Labute approximate surface area is 143 Å². The molecule has 1 amide bonds. The van der Waals surface area contributed by atoms with Crippen molar-refractivity contribution in [2.45, 2.75) is 46.1 Å². The molecule has 0 aliphatic rings. The zero-order valence-electron chi connectivity index (χ0n) is 14.6. The van der Waals surface area contributed by atoms with Crippen molar-refractivity contribution in [2.24, 2.45) is 0 Å². The summed E-state index contributed by atoms with van der Waals surface area (Å²) < 4.78 is 5.34. The van der Waals surface area contributed by atoms with Crippen molar-refractivity contribution in [1.29, 1.82) is 0 Å². The van der Waals surface area contributed by atoms with Gasteiger partial charge in [-0.2, -0.15) is 0 Å². The van der Waals surface area contributed by atoms with E-state index in [-0.39, 0.29) is 11.9 Å². The predicted molar refractivity (Wildman–Crippen MR) is 97.1 cm³/mol. The maximum absolute atomic E-state index is 12.4. The summed E-state index contributed by atoms with van der Waals surface area (Å²) in [5.74, 6) is -0.501. The van der Waals surface area contributed by atoms with Crippen LogP contribution in [0, 0.1) is 0 Å². The van der Waals surface area contributed by atoms with E-state index in [1.807, 2.05) is 56.3 Å². The Morgan fingerprint density at radius 1 is 1.08 bits per heavy atom. The number of nitrogens with zero attached hydrogens (tertiary/aromatic N) is 1. The lowest BCUT2D eigenvalue weighted by Crippen LogP contribution is -2.45. The van der Waals surface area contributed by atoms with E-state index in [0.717, 1.165) is 29.3 Å². The Morgan fingerprint density at radius 3 is 2.42 bits per heavy atom. The highest BCUT2D eigenvalue weighted by Crippen LogP contribution is 2.25. The third kappa shape index (κ3) is 4.13. The average molecular weight is 327 g/mol. The van der Waals surface area contributed by atoms with E-state index >= 15 is 0 Å². The minimum Gasteiger partial charge on any atom is -0.464 e. The van der Waals surface area contributed by atoms with E-state index in [4.69, 9.17) is 4.74 Å². The lowest BCUT2D eigenvalue weighted by Gasteiger charge is -2.29. The largest absolute Gasteiger partial charge is 0.464 e. The third-order valence-corrected chi connectivity index (χ3v) is 4.06. The minimum atomic E-state index is -0.597. The van der Waals surface area contributed by atoms with E-state index in [0.29, 0.717) is 13.0 Å². The van der Waals surface area contributed by atoms with Gasteiger partial charge in [0, 0.05) is 12.6 Å². The molecule has 0 heterocycles. The molecule has 2 aromatic rings. The monoisotopic (exact) mass is 327 g/mol. The summed E-state index contributed by atoms with van der Waals surface area (Å²) in [5, 5.41) is 2.14. The smallest absolute Gasteiger partial charge is 0.329 e. The van der Waals surface area contributed by atoms with E-state index in [2.05, 4.69) is 0 Å². The number of unbranched alkanes of at least 4 members (excludes halogenated alkanes) is 1. The van der Waals surface area contributed by atoms with E-state index < -0.39 is 6.04 Å². The van der Waals surface area contributed by atoms with Gasteiger partial charge in [-0.3, -0.25) is 9.69 Å². The first-order valence-electron chi connectivity index (χ1n) is 8.53. The van der Waals surface area contributed by atoms with Gasteiger partial charge in [0.2, 0.25) is 5.91 Å². The van der Waals surface area contributed by atoms with Crippen LogP contribution in [0.1, 0.15) is 40.0 Å². The van der Waals surface area contributed by atoms with Crippen LogP contribution in [-0.4, -0.2) is 24.5 Å². The fourth-order valence-electron chi connectivity index (χ4n) is 2.78. The topological polar surface area (TPSA) is 46.6 Å². The first kappa shape index (κ1) is 18.0. The Hall–Kier alpha value is -2.36. The normalized spacial score (nSPS) is 12.0. The average Bonchev–Trinajstić information content (AvgIpc) is 2.58. The molecule has 0 spiro atoms. The quantitative estimate of drug-likeness (QED) is 0.562. The van der Waals surface area contributed by atoms with Gasteiger partial charge in [-0.15, -0.1) is 0 Å². The van der Waals surface area contributed by atoms with Gasteiger partial charge in [-0.1, -0.05) is 50.6 Å². The molecule has 0 aromatic heterocycles. The molecule has 0 bridgehead atoms. The van der Waals surface area contributed by atoms with Gasteiger partial charge >= 0.3 is 5.97 Å². The van der Waals surface area contributed by atoms with Crippen molar-refractivity contribution in [3.8, 4) is 0 Å². The van der Waals surface area contributed by atoms with Crippen molar-refractivity contribution in [3.63, 3.8) is 0 Å². The summed E-state index contributed by atoms with van der Waals surface area (Å²) in [4.78, 5) is 26.2. The van der Waals surface area contributed by atoms with Crippen LogP contribution >= 0.6 is 0 Å². The number of anilines is 1. The molecule has 4 heteroatoms. The lowest BCUT2D eigenvalue weighted by atomic mass is 10.1. The van der Waals surface area contributed by atoms with Crippen molar-refractivity contribution in [2.75, 3.05) is 11.5 Å². The number of amides is 1. The molecule has 24 heavy (non-hydrogen) atoms. The Balaban J connectivity index is 2.31. The molecule has 0 fully saturated rings. The molecule has 1 atom stereocenters. The van der Waals surface area contributed by atoms with E-state index in [1.54, 1.807) is 4.90 Å². The molecule has 0 aliphatic heterocycles. The van der Waals surface area contributed by atoms with Crippen molar-refractivity contribution in [1.82, 2.24) is 0 Å². The summed E-state index contributed by atoms with van der Waals surface area (Å²) in [6, 6.07) is 13.1. The number of esters is 1. The molecular formula is C20H25NO3. The Bertz CT molecular complexity index is 711. The van der Waals surface area contributed by atoms with Crippen molar-refractivity contribution in [3.05, 3.63) is 42.5 Å². The van der Waals surface area contributed by atoms with Crippen LogP contribution < -0.4 is 4.90 Å². The third-order valence-electron chi connectivity index (χ3n) is 4.06. The molecule has 0 radical (unpaired) electrons. The molecule has 2 aromatic carbocycles. The predicted octanol–water partition coefficient (Wildman–Crippen LogP) is 4.31. The molecule has 128 valence electrons. The van der Waals surface area contributed by atoms with Crippen molar-refractivity contribution >= 4 is 28.3 Å². The van der Waals surface area contributed by atoms with Crippen LogP contribution in [0.3, 0.4) is 0 Å². The number of fused-ring (bicyclic) bond motifs is 1. The zero-order valence-corrected chi connectivity index (χ0v) is 14.6. The van der Waals surface area contributed by atoms with Gasteiger partial charge in [0.1, 0.15) is 6.04 Å². The highest BCUT2D eigenvalue weighted by molar-refractivity contribution is 6.00. The maximum Gasteiger partial charge on any atom is 0.329 e. The number of hydrogen-bond donors (Lipinski definition) is 0. The van der Waals surface area contributed by atoms with Crippen LogP contribution in [0.5, 0.6) is 0 Å². The summed E-state index contributed by atoms with van der Waals surface area (Å²) in [6.45, 7) is 5.82. The number of carbonyl (C=O) groups excluding carboxylic acids is 2. The lowest BCUT2D eigenvalue weighted by molar-refractivity contribution is -0.146. The first-order chi connectivity index (χ1) is 11.6. The van der Waals surface area contributed by atoms with Crippen LogP contribution in [0.25, 0.3) is 10.8 Å². The van der Waals surface area contributed by atoms with Gasteiger partial charge in [0.05, 0.1) is 6.61 Å². The minimum absolute atomic E-state index is 0.162. The van der Waals surface area contributed by atoms with E-state index in [9.17, 15) is 9.59 Å². The number of hydrogen-bond acceptors (Lipinski definition) is 3. The van der Waals surface area contributed by atoms with Gasteiger partial charge in [0.15, 0.2) is 0 Å².